The van der Waals surface area contributed by atoms with Crippen molar-refractivity contribution in [2.75, 3.05) is 19.7 Å². The van der Waals surface area contributed by atoms with Crippen LogP contribution in [-0.2, 0) is 21.4 Å². The Labute approximate surface area is 166 Å². The topological polar surface area (TPSA) is 75.7 Å². The minimum Gasteiger partial charge on any atom is -0.494 e. The number of hydrogen-bond acceptors (Lipinski definition) is 4. The Morgan fingerprint density at radius 2 is 1.86 bits per heavy atom. The maximum absolute atomic E-state index is 12.8. The van der Waals surface area contributed by atoms with Crippen molar-refractivity contribution in [3.8, 4) is 5.75 Å². The Balaban J connectivity index is 1.58. The lowest BCUT2D eigenvalue weighted by Crippen LogP contribution is -2.45. The van der Waals surface area contributed by atoms with E-state index in [4.69, 9.17) is 4.74 Å². The minimum absolute atomic E-state index is 0.109. The molecule has 0 saturated carbocycles. The monoisotopic (exact) mass is 402 g/mol. The van der Waals surface area contributed by atoms with Gasteiger partial charge in [-0.05, 0) is 49.6 Å². The number of hydrogen-bond donors (Lipinski definition) is 1. The molecule has 1 atom stereocenters. The molecule has 150 valence electrons. The third kappa shape index (κ3) is 4.91. The van der Waals surface area contributed by atoms with Crippen molar-refractivity contribution in [3.63, 3.8) is 0 Å². The summed E-state index contributed by atoms with van der Waals surface area (Å²) in [6.07, 6.45) is 1.36. The highest BCUT2D eigenvalue weighted by Crippen LogP contribution is 2.24. The van der Waals surface area contributed by atoms with Gasteiger partial charge in [-0.2, -0.15) is 4.31 Å². The Hall–Kier alpha value is -2.38. The summed E-state index contributed by atoms with van der Waals surface area (Å²) < 4.78 is 32.4. The zero-order chi connectivity index (χ0) is 20.0. The average molecular weight is 403 g/mol. The van der Waals surface area contributed by atoms with E-state index in [0.717, 1.165) is 11.3 Å². The zero-order valence-corrected chi connectivity index (χ0v) is 16.8. The van der Waals surface area contributed by atoms with Gasteiger partial charge in [-0.3, -0.25) is 4.79 Å². The number of piperidine rings is 1. The lowest BCUT2D eigenvalue weighted by atomic mass is 9.99. The molecule has 1 amide bonds. The molecule has 1 heterocycles. The number of sulfonamides is 1. The van der Waals surface area contributed by atoms with Crippen LogP contribution in [0.3, 0.4) is 0 Å². The lowest BCUT2D eigenvalue weighted by Gasteiger charge is -2.31. The van der Waals surface area contributed by atoms with E-state index in [1.165, 1.54) is 4.31 Å². The van der Waals surface area contributed by atoms with Crippen LogP contribution in [0.5, 0.6) is 5.75 Å². The molecule has 0 unspecified atom stereocenters. The van der Waals surface area contributed by atoms with E-state index in [0.29, 0.717) is 32.5 Å². The molecule has 2 aromatic rings. The van der Waals surface area contributed by atoms with Gasteiger partial charge in [-0.15, -0.1) is 0 Å². The highest BCUT2D eigenvalue weighted by Gasteiger charge is 2.33. The van der Waals surface area contributed by atoms with Crippen molar-refractivity contribution < 1.29 is 17.9 Å². The second-order valence-electron chi connectivity index (χ2n) is 6.81. The van der Waals surface area contributed by atoms with E-state index < -0.39 is 10.0 Å². The molecule has 0 aliphatic carbocycles. The summed E-state index contributed by atoms with van der Waals surface area (Å²) in [7, 11) is -3.57. The van der Waals surface area contributed by atoms with Crippen LogP contribution < -0.4 is 10.1 Å². The fourth-order valence-electron chi connectivity index (χ4n) is 3.32. The molecule has 6 nitrogen and oxygen atoms in total. The van der Waals surface area contributed by atoms with E-state index in [9.17, 15) is 13.2 Å². The van der Waals surface area contributed by atoms with Crippen LogP contribution in [0.1, 0.15) is 25.3 Å². The summed E-state index contributed by atoms with van der Waals surface area (Å²) in [5.41, 5.74) is 0.973. The summed E-state index contributed by atoms with van der Waals surface area (Å²) in [6, 6.07) is 16.0. The second-order valence-corrected chi connectivity index (χ2v) is 8.75. The van der Waals surface area contributed by atoms with E-state index in [-0.39, 0.29) is 23.3 Å². The summed E-state index contributed by atoms with van der Waals surface area (Å²) in [4.78, 5) is 12.9. The first-order valence-electron chi connectivity index (χ1n) is 9.55. The summed E-state index contributed by atoms with van der Waals surface area (Å²) >= 11 is 0. The molecule has 3 rings (SSSR count). The van der Waals surface area contributed by atoms with Gasteiger partial charge < -0.3 is 10.1 Å². The predicted octanol–water partition coefficient (Wildman–Crippen LogP) is 2.80. The number of amides is 1. The van der Waals surface area contributed by atoms with Crippen molar-refractivity contribution in [2.24, 2.45) is 5.92 Å². The number of ether oxygens (including phenoxy) is 1. The van der Waals surface area contributed by atoms with Crippen LogP contribution in [0.2, 0.25) is 0 Å². The SMILES string of the molecule is CCOc1ccc(CNC(=O)[C@@H]2CCCN(S(=O)(=O)c3ccccc3)C2)cc1. The van der Waals surface area contributed by atoms with Crippen molar-refractivity contribution in [2.45, 2.75) is 31.2 Å². The van der Waals surface area contributed by atoms with Crippen molar-refractivity contribution in [1.82, 2.24) is 9.62 Å². The number of carbonyl (C=O) groups excluding carboxylic acids is 1. The van der Waals surface area contributed by atoms with Gasteiger partial charge in [0.05, 0.1) is 17.4 Å². The summed E-state index contributed by atoms with van der Waals surface area (Å²) in [5.74, 6) is 0.350. The first kappa shape index (κ1) is 20.4. The molecule has 0 radical (unpaired) electrons. The maximum Gasteiger partial charge on any atom is 0.243 e. The van der Waals surface area contributed by atoms with Crippen LogP contribution in [0.15, 0.2) is 59.5 Å². The number of nitrogens with one attached hydrogen (secondary N) is 1. The number of rotatable bonds is 7. The largest absolute Gasteiger partial charge is 0.494 e. The van der Waals surface area contributed by atoms with E-state index in [1.54, 1.807) is 30.3 Å². The van der Waals surface area contributed by atoms with Gasteiger partial charge in [0.1, 0.15) is 5.75 Å². The van der Waals surface area contributed by atoms with Crippen LogP contribution in [0, 0.1) is 5.92 Å². The quantitative estimate of drug-likeness (QED) is 0.773. The van der Waals surface area contributed by atoms with Crippen molar-refractivity contribution >= 4 is 15.9 Å². The van der Waals surface area contributed by atoms with Gasteiger partial charge in [0.15, 0.2) is 0 Å². The molecule has 1 aliphatic heterocycles. The zero-order valence-electron chi connectivity index (χ0n) is 16.0. The standard InChI is InChI=1S/C21H26N2O4S/c1-2-27-19-12-10-17(11-13-19)15-22-21(24)18-7-6-14-23(16-18)28(25,26)20-8-4-3-5-9-20/h3-5,8-13,18H,2,6-7,14-16H2,1H3,(H,22,24)/t18-/m1/s1. The Morgan fingerprint density at radius 3 is 2.54 bits per heavy atom. The van der Waals surface area contributed by atoms with Crippen LogP contribution in [-0.4, -0.2) is 38.3 Å². The maximum atomic E-state index is 12.8. The molecule has 1 N–H and O–H groups in total. The fraction of sp³-hybridized carbons (Fsp3) is 0.381. The molecule has 1 saturated heterocycles. The molecule has 2 aromatic carbocycles. The van der Waals surface area contributed by atoms with E-state index in [2.05, 4.69) is 5.32 Å². The Morgan fingerprint density at radius 1 is 1.14 bits per heavy atom. The normalized spacial score (nSPS) is 17.8. The van der Waals surface area contributed by atoms with E-state index >= 15 is 0 Å². The Bertz CT molecular complexity index is 882. The molecule has 1 aliphatic rings. The number of benzene rings is 2. The average Bonchev–Trinajstić information content (AvgIpc) is 2.74. The third-order valence-corrected chi connectivity index (χ3v) is 6.72. The number of carbonyl (C=O) groups is 1. The molecule has 1 fully saturated rings. The predicted molar refractivity (Wildman–Crippen MR) is 107 cm³/mol. The first-order valence-corrected chi connectivity index (χ1v) is 11.0. The molecule has 0 aromatic heterocycles. The van der Waals surface area contributed by atoms with Gasteiger partial charge in [0.2, 0.25) is 15.9 Å². The third-order valence-electron chi connectivity index (χ3n) is 4.84. The molecule has 7 heteroatoms. The van der Waals surface area contributed by atoms with Crippen molar-refractivity contribution in [1.29, 1.82) is 0 Å². The van der Waals surface area contributed by atoms with Crippen LogP contribution in [0.25, 0.3) is 0 Å². The van der Waals surface area contributed by atoms with Gasteiger partial charge in [0.25, 0.3) is 0 Å². The molecule has 28 heavy (non-hydrogen) atoms. The molecule has 0 spiro atoms. The summed E-state index contributed by atoms with van der Waals surface area (Å²) in [5, 5.41) is 2.93. The van der Waals surface area contributed by atoms with Crippen LogP contribution in [0.4, 0.5) is 0 Å². The fourth-order valence-corrected chi connectivity index (χ4v) is 4.86. The highest BCUT2D eigenvalue weighted by atomic mass is 32.2. The van der Waals surface area contributed by atoms with Gasteiger partial charge in [-0.25, -0.2) is 8.42 Å². The highest BCUT2D eigenvalue weighted by molar-refractivity contribution is 7.89. The number of nitrogens with zero attached hydrogens (tertiary/aromatic N) is 1. The lowest BCUT2D eigenvalue weighted by molar-refractivity contribution is -0.126. The molecular weight excluding hydrogens is 376 g/mol. The van der Waals surface area contributed by atoms with E-state index in [1.807, 2.05) is 31.2 Å². The van der Waals surface area contributed by atoms with Crippen molar-refractivity contribution in [3.05, 3.63) is 60.2 Å². The van der Waals surface area contributed by atoms with Crippen LogP contribution >= 0.6 is 0 Å². The minimum atomic E-state index is -3.57. The van der Waals surface area contributed by atoms with Gasteiger partial charge in [-0.1, -0.05) is 30.3 Å². The molecular formula is C21H26N2O4S. The Kier molecular flexibility index (Phi) is 6.70. The van der Waals surface area contributed by atoms with Gasteiger partial charge >= 0.3 is 0 Å². The second kappa shape index (κ2) is 9.21. The summed E-state index contributed by atoms with van der Waals surface area (Å²) in [6.45, 7) is 3.61. The smallest absolute Gasteiger partial charge is 0.243 e. The first-order chi connectivity index (χ1) is 13.5. The van der Waals surface area contributed by atoms with Gasteiger partial charge in [0, 0.05) is 19.6 Å². The molecule has 0 bridgehead atoms.